The van der Waals surface area contributed by atoms with E-state index in [9.17, 15) is 20.2 Å². The third kappa shape index (κ3) is 2.71. The van der Waals surface area contributed by atoms with Crippen LogP contribution in [0.5, 0.6) is 0 Å². The first-order chi connectivity index (χ1) is 9.40. The highest BCUT2D eigenvalue weighted by molar-refractivity contribution is 5.69. The van der Waals surface area contributed by atoms with Crippen LogP contribution in [-0.4, -0.2) is 22.9 Å². The standard InChI is InChI=1S/C13H17N3O4/c1-9-4-3-5-14(8-9)12-6-10(2)11(15(17)18)7-13(12)16(19)20/h6-7,9H,3-5,8H2,1-2H3/t9-/m0/s1. The molecule has 7 heteroatoms. The molecule has 0 aromatic heterocycles. The lowest BCUT2D eigenvalue weighted by Gasteiger charge is -2.32. The van der Waals surface area contributed by atoms with Crippen molar-refractivity contribution in [3.8, 4) is 0 Å². The minimum atomic E-state index is -0.578. The first-order valence-corrected chi connectivity index (χ1v) is 6.58. The van der Waals surface area contributed by atoms with Gasteiger partial charge in [0, 0.05) is 18.7 Å². The number of anilines is 1. The van der Waals surface area contributed by atoms with Gasteiger partial charge in [-0.25, -0.2) is 0 Å². The summed E-state index contributed by atoms with van der Waals surface area (Å²) in [6.07, 6.45) is 2.09. The second-order valence-corrected chi connectivity index (χ2v) is 5.34. The molecule has 1 saturated heterocycles. The molecular weight excluding hydrogens is 262 g/mol. The number of piperidine rings is 1. The van der Waals surface area contributed by atoms with Crippen molar-refractivity contribution in [2.45, 2.75) is 26.7 Å². The molecule has 20 heavy (non-hydrogen) atoms. The molecule has 0 amide bonds. The Hall–Kier alpha value is -2.18. The largest absolute Gasteiger partial charge is 0.366 e. The topological polar surface area (TPSA) is 89.5 Å². The number of hydrogen-bond donors (Lipinski definition) is 0. The average molecular weight is 279 g/mol. The Morgan fingerprint density at radius 2 is 1.85 bits per heavy atom. The maximum absolute atomic E-state index is 11.2. The number of hydrogen-bond acceptors (Lipinski definition) is 5. The molecule has 1 atom stereocenters. The molecule has 0 radical (unpaired) electrons. The van der Waals surface area contributed by atoms with E-state index in [0.717, 1.165) is 32.0 Å². The summed E-state index contributed by atoms with van der Waals surface area (Å²) in [6.45, 7) is 5.22. The van der Waals surface area contributed by atoms with Gasteiger partial charge in [-0.05, 0) is 31.7 Å². The Kier molecular flexibility index (Phi) is 3.87. The molecular formula is C13H17N3O4. The first kappa shape index (κ1) is 14.2. The van der Waals surface area contributed by atoms with Gasteiger partial charge in [0.25, 0.3) is 11.4 Å². The normalized spacial score (nSPS) is 18.9. The summed E-state index contributed by atoms with van der Waals surface area (Å²) in [7, 11) is 0. The predicted octanol–water partition coefficient (Wildman–Crippen LogP) is 3.05. The molecule has 1 aliphatic rings. The van der Waals surface area contributed by atoms with Gasteiger partial charge in [0.2, 0.25) is 0 Å². The molecule has 108 valence electrons. The number of nitro benzene ring substituents is 2. The second-order valence-electron chi connectivity index (χ2n) is 5.34. The average Bonchev–Trinajstić information content (AvgIpc) is 2.37. The van der Waals surface area contributed by atoms with Gasteiger partial charge < -0.3 is 4.90 Å². The molecule has 0 unspecified atom stereocenters. The minimum absolute atomic E-state index is 0.184. The van der Waals surface area contributed by atoms with Crippen LogP contribution in [-0.2, 0) is 0 Å². The molecule has 1 heterocycles. The van der Waals surface area contributed by atoms with Crippen LogP contribution in [0.3, 0.4) is 0 Å². The van der Waals surface area contributed by atoms with Crippen LogP contribution in [0.15, 0.2) is 12.1 Å². The maximum Gasteiger partial charge on any atom is 0.299 e. The van der Waals surface area contributed by atoms with E-state index in [1.807, 2.05) is 4.90 Å². The summed E-state index contributed by atoms with van der Waals surface area (Å²) >= 11 is 0. The smallest absolute Gasteiger partial charge is 0.299 e. The van der Waals surface area contributed by atoms with Crippen LogP contribution in [0, 0.1) is 33.1 Å². The predicted molar refractivity (Wildman–Crippen MR) is 75.1 cm³/mol. The summed E-state index contributed by atoms with van der Waals surface area (Å²) in [5.41, 5.74) is 0.556. The molecule has 1 aromatic rings. The Morgan fingerprint density at radius 1 is 1.20 bits per heavy atom. The number of nitrogens with zero attached hydrogens (tertiary/aromatic N) is 3. The second kappa shape index (κ2) is 5.44. The zero-order valence-corrected chi connectivity index (χ0v) is 11.5. The van der Waals surface area contributed by atoms with Crippen molar-refractivity contribution in [1.82, 2.24) is 0 Å². The highest BCUT2D eigenvalue weighted by Gasteiger charge is 2.27. The van der Waals surface area contributed by atoms with Gasteiger partial charge in [-0.2, -0.15) is 0 Å². The molecule has 1 fully saturated rings. The van der Waals surface area contributed by atoms with E-state index in [4.69, 9.17) is 0 Å². The van der Waals surface area contributed by atoms with Crippen LogP contribution < -0.4 is 4.90 Å². The summed E-state index contributed by atoms with van der Waals surface area (Å²) in [5, 5.41) is 22.1. The van der Waals surface area contributed by atoms with Gasteiger partial charge in [0.1, 0.15) is 5.69 Å². The fourth-order valence-corrected chi connectivity index (χ4v) is 2.67. The molecule has 0 N–H and O–H groups in total. The van der Waals surface area contributed by atoms with Gasteiger partial charge in [-0.15, -0.1) is 0 Å². The quantitative estimate of drug-likeness (QED) is 0.626. The third-order valence-corrected chi connectivity index (χ3v) is 3.68. The zero-order chi connectivity index (χ0) is 14.9. The fourth-order valence-electron chi connectivity index (χ4n) is 2.67. The Labute approximate surface area is 116 Å². The van der Waals surface area contributed by atoms with Gasteiger partial charge in [0.15, 0.2) is 0 Å². The van der Waals surface area contributed by atoms with Gasteiger partial charge in [-0.1, -0.05) is 6.92 Å². The lowest BCUT2D eigenvalue weighted by molar-refractivity contribution is -0.394. The third-order valence-electron chi connectivity index (χ3n) is 3.68. The Morgan fingerprint density at radius 3 is 2.40 bits per heavy atom. The number of aryl methyl sites for hydroxylation is 1. The Bertz CT molecular complexity index is 559. The van der Waals surface area contributed by atoms with Gasteiger partial charge in [0.05, 0.1) is 15.9 Å². The van der Waals surface area contributed by atoms with E-state index in [2.05, 4.69) is 6.92 Å². The lowest BCUT2D eigenvalue weighted by atomic mass is 9.99. The molecule has 1 aromatic carbocycles. The van der Waals surface area contributed by atoms with Crippen molar-refractivity contribution in [2.75, 3.05) is 18.0 Å². The molecule has 0 aliphatic carbocycles. The van der Waals surface area contributed by atoms with Crippen LogP contribution in [0.1, 0.15) is 25.3 Å². The zero-order valence-electron chi connectivity index (χ0n) is 11.5. The number of nitro groups is 2. The molecule has 0 bridgehead atoms. The van der Waals surface area contributed by atoms with E-state index >= 15 is 0 Å². The lowest BCUT2D eigenvalue weighted by Crippen LogP contribution is -2.34. The minimum Gasteiger partial charge on any atom is -0.366 e. The molecule has 7 nitrogen and oxygen atoms in total. The summed E-state index contributed by atoms with van der Waals surface area (Å²) in [4.78, 5) is 22.9. The molecule has 0 saturated carbocycles. The van der Waals surface area contributed by atoms with Crippen molar-refractivity contribution in [3.63, 3.8) is 0 Å². The number of rotatable bonds is 3. The van der Waals surface area contributed by atoms with E-state index in [-0.39, 0.29) is 11.4 Å². The van der Waals surface area contributed by atoms with Crippen molar-refractivity contribution < 1.29 is 9.85 Å². The van der Waals surface area contributed by atoms with Crippen molar-refractivity contribution in [1.29, 1.82) is 0 Å². The monoisotopic (exact) mass is 279 g/mol. The van der Waals surface area contributed by atoms with Crippen molar-refractivity contribution >= 4 is 17.1 Å². The van der Waals surface area contributed by atoms with E-state index in [0.29, 0.717) is 17.2 Å². The van der Waals surface area contributed by atoms with Crippen LogP contribution in [0.4, 0.5) is 17.1 Å². The maximum atomic E-state index is 11.2. The molecule has 0 spiro atoms. The van der Waals surface area contributed by atoms with Gasteiger partial charge >= 0.3 is 0 Å². The van der Waals surface area contributed by atoms with E-state index in [1.165, 1.54) is 0 Å². The summed E-state index contributed by atoms with van der Waals surface area (Å²) < 4.78 is 0. The molecule has 1 aliphatic heterocycles. The van der Waals surface area contributed by atoms with Crippen LogP contribution in [0.25, 0.3) is 0 Å². The fraction of sp³-hybridized carbons (Fsp3) is 0.538. The van der Waals surface area contributed by atoms with Crippen molar-refractivity contribution in [2.24, 2.45) is 5.92 Å². The molecule has 2 rings (SSSR count). The first-order valence-electron chi connectivity index (χ1n) is 6.58. The van der Waals surface area contributed by atoms with Gasteiger partial charge in [-0.3, -0.25) is 20.2 Å². The van der Waals surface area contributed by atoms with Crippen LogP contribution >= 0.6 is 0 Å². The highest BCUT2D eigenvalue weighted by Crippen LogP contribution is 2.36. The number of benzene rings is 1. The summed E-state index contributed by atoms with van der Waals surface area (Å²) in [5.74, 6) is 0.471. The van der Waals surface area contributed by atoms with E-state index < -0.39 is 9.85 Å². The Balaban J connectivity index is 2.48. The summed E-state index contributed by atoms with van der Waals surface area (Å²) in [6, 6.07) is 2.64. The van der Waals surface area contributed by atoms with Crippen molar-refractivity contribution in [3.05, 3.63) is 37.9 Å². The SMILES string of the molecule is Cc1cc(N2CCC[C@H](C)C2)c([N+](=O)[O-])cc1[N+](=O)[O-]. The van der Waals surface area contributed by atoms with E-state index in [1.54, 1.807) is 13.0 Å². The van der Waals surface area contributed by atoms with Crippen LogP contribution in [0.2, 0.25) is 0 Å². The highest BCUT2D eigenvalue weighted by atomic mass is 16.6.